The van der Waals surface area contributed by atoms with Crippen molar-refractivity contribution < 1.29 is 27.6 Å². The second-order valence-corrected chi connectivity index (χ2v) is 8.12. The van der Waals surface area contributed by atoms with E-state index in [1.807, 2.05) is 13.8 Å². The Morgan fingerprint density at radius 1 is 1.19 bits per heavy atom. The van der Waals surface area contributed by atoms with Gasteiger partial charge in [-0.05, 0) is 31.0 Å². The molecule has 7 nitrogen and oxygen atoms in total. The molecule has 1 aliphatic rings. The minimum Gasteiger partial charge on any atom is -0.344 e. The molecule has 0 aromatic heterocycles. The Labute approximate surface area is 186 Å². The number of urea groups is 1. The molecule has 1 saturated heterocycles. The summed E-state index contributed by atoms with van der Waals surface area (Å²) in [6, 6.07) is 2.94. The molecule has 4 amide bonds. The molecular formula is C22H31F3N4O3. The largest absolute Gasteiger partial charge is 0.416 e. The summed E-state index contributed by atoms with van der Waals surface area (Å²) in [6.45, 7) is 8.11. The van der Waals surface area contributed by atoms with Crippen molar-refractivity contribution >= 4 is 23.5 Å². The van der Waals surface area contributed by atoms with E-state index in [1.165, 1.54) is 17.0 Å². The highest BCUT2D eigenvalue weighted by atomic mass is 19.4. The second-order valence-electron chi connectivity index (χ2n) is 8.12. The van der Waals surface area contributed by atoms with Crippen molar-refractivity contribution in [3.05, 3.63) is 29.8 Å². The molecule has 1 aliphatic heterocycles. The lowest BCUT2D eigenvalue weighted by atomic mass is 9.97. The molecule has 1 heterocycles. The van der Waals surface area contributed by atoms with E-state index in [1.54, 1.807) is 18.7 Å². The average Bonchev–Trinajstić information content (AvgIpc) is 2.75. The molecule has 2 N–H and O–H groups in total. The van der Waals surface area contributed by atoms with Crippen molar-refractivity contribution in [1.29, 1.82) is 0 Å². The van der Waals surface area contributed by atoms with Gasteiger partial charge in [0.2, 0.25) is 11.8 Å². The summed E-state index contributed by atoms with van der Waals surface area (Å²) in [5.74, 6) is -0.433. The van der Waals surface area contributed by atoms with E-state index in [4.69, 9.17) is 0 Å². The molecule has 1 fully saturated rings. The van der Waals surface area contributed by atoms with Crippen LogP contribution in [0.5, 0.6) is 0 Å². The monoisotopic (exact) mass is 456 g/mol. The van der Waals surface area contributed by atoms with Gasteiger partial charge < -0.3 is 20.4 Å². The van der Waals surface area contributed by atoms with Gasteiger partial charge in [0.1, 0.15) is 6.04 Å². The topological polar surface area (TPSA) is 81.8 Å². The lowest BCUT2D eigenvalue weighted by molar-refractivity contribution is -0.139. The molecule has 0 aliphatic carbocycles. The highest BCUT2D eigenvalue weighted by Crippen LogP contribution is 2.30. The van der Waals surface area contributed by atoms with Gasteiger partial charge in [-0.1, -0.05) is 33.3 Å². The number of halogens is 3. The van der Waals surface area contributed by atoms with Crippen LogP contribution in [0.3, 0.4) is 0 Å². The molecule has 2 rings (SSSR count). The molecule has 0 bridgehead atoms. The zero-order valence-electron chi connectivity index (χ0n) is 18.8. The summed E-state index contributed by atoms with van der Waals surface area (Å²) in [5, 5.41) is 5.31. The molecule has 3 unspecified atom stereocenters. The van der Waals surface area contributed by atoms with Crippen molar-refractivity contribution in [1.82, 2.24) is 15.1 Å². The van der Waals surface area contributed by atoms with Gasteiger partial charge >= 0.3 is 12.2 Å². The summed E-state index contributed by atoms with van der Waals surface area (Å²) in [5.41, 5.74) is -0.793. The van der Waals surface area contributed by atoms with Crippen molar-refractivity contribution in [2.45, 2.75) is 58.8 Å². The smallest absolute Gasteiger partial charge is 0.344 e. The van der Waals surface area contributed by atoms with Crippen LogP contribution in [0.1, 0.15) is 46.1 Å². The van der Waals surface area contributed by atoms with Crippen LogP contribution in [-0.2, 0) is 15.8 Å². The van der Waals surface area contributed by atoms with Gasteiger partial charge in [0.05, 0.1) is 5.56 Å². The first-order valence-corrected chi connectivity index (χ1v) is 10.8. The Kier molecular flexibility index (Phi) is 8.51. The van der Waals surface area contributed by atoms with Gasteiger partial charge in [-0.3, -0.25) is 9.59 Å². The van der Waals surface area contributed by atoms with Crippen LogP contribution in [0.4, 0.5) is 23.7 Å². The fraction of sp³-hybridized carbons (Fsp3) is 0.591. The Morgan fingerprint density at radius 3 is 2.44 bits per heavy atom. The first-order chi connectivity index (χ1) is 15.0. The summed E-state index contributed by atoms with van der Waals surface area (Å²) in [4.78, 5) is 40.7. The SMILES string of the molecule is CCC(=O)NC(C(=O)N1CCN(C(=O)Nc2cccc(C(F)(F)F)c2)C(C)C1)C(C)CC. The maximum Gasteiger partial charge on any atom is 0.416 e. The van der Waals surface area contributed by atoms with E-state index in [-0.39, 0.29) is 55.5 Å². The number of amides is 4. The first kappa shape index (κ1) is 25.5. The summed E-state index contributed by atoms with van der Waals surface area (Å²) in [7, 11) is 0. The van der Waals surface area contributed by atoms with Crippen LogP contribution in [0, 0.1) is 5.92 Å². The summed E-state index contributed by atoms with van der Waals surface area (Å²) in [6.07, 6.45) is -3.51. The average molecular weight is 457 g/mol. The van der Waals surface area contributed by atoms with Crippen molar-refractivity contribution in [2.24, 2.45) is 5.92 Å². The number of nitrogens with zero attached hydrogens (tertiary/aromatic N) is 2. The van der Waals surface area contributed by atoms with Gasteiger partial charge in [-0.15, -0.1) is 0 Å². The number of nitrogens with one attached hydrogen (secondary N) is 2. The van der Waals surface area contributed by atoms with Gasteiger partial charge in [-0.25, -0.2) is 4.79 Å². The molecule has 1 aromatic carbocycles. The van der Waals surface area contributed by atoms with Gasteiger partial charge in [0, 0.05) is 37.8 Å². The van der Waals surface area contributed by atoms with Gasteiger partial charge in [0.25, 0.3) is 0 Å². The van der Waals surface area contributed by atoms with E-state index < -0.39 is 23.8 Å². The fourth-order valence-corrected chi connectivity index (χ4v) is 3.58. The standard InChI is InChI=1S/C22H31F3N4O3/c1-5-14(3)19(27-18(30)6-2)20(31)28-10-11-29(15(4)13-28)21(32)26-17-9-7-8-16(12-17)22(23,24)25/h7-9,12,14-15,19H,5-6,10-11,13H2,1-4H3,(H,26,32)(H,27,30). The third-order valence-electron chi connectivity index (χ3n) is 5.76. The first-order valence-electron chi connectivity index (χ1n) is 10.8. The number of hydrogen-bond donors (Lipinski definition) is 2. The minimum atomic E-state index is -4.50. The number of benzene rings is 1. The minimum absolute atomic E-state index is 0.0458. The van der Waals surface area contributed by atoms with Crippen molar-refractivity contribution in [3.63, 3.8) is 0 Å². The third-order valence-corrected chi connectivity index (χ3v) is 5.76. The van der Waals surface area contributed by atoms with Crippen LogP contribution in [0.2, 0.25) is 0 Å². The number of rotatable bonds is 6. The van der Waals surface area contributed by atoms with Crippen LogP contribution < -0.4 is 10.6 Å². The maximum absolute atomic E-state index is 13.1. The highest BCUT2D eigenvalue weighted by molar-refractivity contribution is 5.90. The zero-order valence-corrected chi connectivity index (χ0v) is 18.8. The molecule has 0 spiro atoms. The van der Waals surface area contributed by atoms with Gasteiger partial charge in [-0.2, -0.15) is 13.2 Å². The number of carbonyl (C=O) groups excluding carboxylic acids is 3. The normalized spacial score (nSPS) is 18.7. The molecule has 0 saturated carbocycles. The summed E-state index contributed by atoms with van der Waals surface area (Å²) < 4.78 is 38.7. The fourth-order valence-electron chi connectivity index (χ4n) is 3.58. The van der Waals surface area contributed by atoms with E-state index in [0.717, 1.165) is 18.6 Å². The van der Waals surface area contributed by atoms with Crippen molar-refractivity contribution in [3.8, 4) is 0 Å². The predicted molar refractivity (Wildman–Crippen MR) is 115 cm³/mol. The van der Waals surface area contributed by atoms with Crippen LogP contribution in [0.25, 0.3) is 0 Å². The maximum atomic E-state index is 13.1. The third kappa shape index (κ3) is 6.37. The van der Waals surface area contributed by atoms with E-state index in [0.29, 0.717) is 0 Å². The molecule has 1 aromatic rings. The quantitative estimate of drug-likeness (QED) is 0.685. The second kappa shape index (κ2) is 10.7. The van der Waals surface area contributed by atoms with E-state index >= 15 is 0 Å². The molecule has 178 valence electrons. The van der Waals surface area contributed by atoms with Crippen molar-refractivity contribution in [2.75, 3.05) is 25.0 Å². The number of carbonyl (C=O) groups is 3. The molecule has 3 atom stereocenters. The van der Waals surface area contributed by atoms with Crippen LogP contribution >= 0.6 is 0 Å². The molecule has 0 radical (unpaired) electrons. The zero-order chi connectivity index (χ0) is 24.1. The summed E-state index contributed by atoms with van der Waals surface area (Å²) >= 11 is 0. The number of piperazine rings is 1. The van der Waals surface area contributed by atoms with Crippen LogP contribution in [-0.4, -0.2) is 59.4 Å². The van der Waals surface area contributed by atoms with E-state index in [9.17, 15) is 27.6 Å². The highest BCUT2D eigenvalue weighted by Gasteiger charge is 2.35. The van der Waals surface area contributed by atoms with E-state index in [2.05, 4.69) is 10.6 Å². The Morgan fingerprint density at radius 2 is 1.88 bits per heavy atom. The number of hydrogen-bond acceptors (Lipinski definition) is 3. The number of anilines is 1. The predicted octanol–water partition coefficient (Wildman–Crippen LogP) is 3.71. The van der Waals surface area contributed by atoms with Gasteiger partial charge in [0.15, 0.2) is 0 Å². The molecule has 32 heavy (non-hydrogen) atoms. The Balaban J connectivity index is 2.03. The lowest BCUT2D eigenvalue weighted by Crippen LogP contribution is -2.60. The Bertz CT molecular complexity index is 831. The lowest BCUT2D eigenvalue weighted by Gasteiger charge is -2.41. The Hall–Kier alpha value is -2.78. The number of alkyl halides is 3. The van der Waals surface area contributed by atoms with Crippen LogP contribution in [0.15, 0.2) is 24.3 Å². The molecular weight excluding hydrogens is 425 g/mol. The molecule has 10 heteroatoms.